The second-order valence-electron chi connectivity index (χ2n) is 6.24. The Morgan fingerprint density at radius 1 is 1.31 bits per heavy atom. The fraction of sp³-hybridized carbons (Fsp3) is 0.412. The van der Waals surface area contributed by atoms with E-state index in [0.29, 0.717) is 22.6 Å². The molecule has 0 aliphatic carbocycles. The molecule has 1 fully saturated rings. The Balaban J connectivity index is 1.85. The van der Waals surface area contributed by atoms with Crippen LogP contribution in [-0.4, -0.2) is 63.9 Å². The number of aromatic nitrogens is 2. The Kier molecular flexibility index (Phi) is 4.90. The zero-order valence-corrected chi connectivity index (χ0v) is 14.3. The number of fused-ring (bicyclic) bond motifs is 1. The van der Waals surface area contributed by atoms with Gasteiger partial charge in [-0.3, -0.25) is 9.78 Å². The lowest BCUT2D eigenvalue weighted by Crippen LogP contribution is -2.49. The molecule has 2 aromatic heterocycles. The first kappa shape index (κ1) is 17.9. The van der Waals surface area contributed by atoms with E-state index in [9.17, 15) is 14.7 Å². The maximum Gasteiger partial charge on any atom is 0.407 e. The van der Waals surface area contributed by atoms with E-state index in [1.165, 1.54) is 12.0 Å². The van der Waals surface area contributed by atoms with Crippen LogP contribution in [0.5, 0.6) is 5.88 Å². The Hall–Kier alpha value is -2.94. The number of nitrogens with one attached hydrogen (secondary N) is 1. The number of anilines is 1. The van der Waals surface area contributed by atoms with Gasteiger partial charge in [0.05, 0.1) is 30.3 Å². The molecule has 3 N–H and O–H groups in total. The number of aliphatic hydroxyl groups excluding tert-OH is 1. The largest absolute Gasteiger partial charge is 0.481 e. The van der Waals surface area contributed by atoms with Crippen molar-refractivity contribution in [3.63, 3.8) is 0 Å². The number of amides is 2. The number of likely N-dealkylation sites (tertiary alicyclic amines) is 1. The van der Waals surface area contributed by atoms with Crippen LogP contribution in [0.15, 0.2) is 24.4 Å². The van der Waals surface area contributed by atoms with Crippen molar-refractivity contribution in [1.82, 2.24) is 14.9 Å². The van der Waals surface area contributed by atoms with Gasteiger partial charge in [-0.1, -0.05) is 0 Å². The second-order valence-corrected chi connectivity index (χ2v) is 6.24. The summed E-state index contributed by atoms with van der Waals surface area (Å²) in [7, 11) is 1.50. The SMILES string of the molecule is COc1ccc2nccc(NC(=O)C3(CO)CCN(C(=O)O)CC3)c2n1. The van der Waals surface area contributed by atoms with Crippen LogP contribution in [0, 0.1) is 5.41 Å². The lowest BCUT2D eigenvalue weighted by molar-refractivity contribution is -0.130. The van der Waals surface area contributed by atoms with Gasteiger partial charge < -0.3 is 25.2 Å². The van der Waals surface area contributed by atoms with Crippen molar-refractivity contribution in [2.24, 2.45) is 5.41 Å². The van der Waals surface area contributed by atoms with Crippen molar-refractivity contribution >= 4 is 28.7 Å². The maximum absolute atomic E-state index is 12.9. The normalized spacial score (nSPS) is 16.3. The van der Waals surface area contributed by atoms with Crippen molar-refractivity contribution in [3.05, 3.63) is 24.4 Å². The van der Waals surface area contributed by atoms with Gasteiger partial charge in [0, 0.05) is 25.4 Å². The molecule has 2 amide bonds. The number of carboxylic acid groups (broad SMARTS) is 1. The molecule has 0 unspecified atom stereocenters. The summed E-state index contributed by atoms with van der Waals surface area (Å²) in [5.74, 6) is 0.0368. The third-order valence-electron chi connectivity index (χ3n) is 4.79. The first-order valence-electron chi connectivity index (χ1n) is 8.19. The smallest absolute Gasteiger partial charge is 0.407 e. The van der Waals surface area contributed by atoms with Crippen LogP contribution in [0.4, 0.5) is 10.5 Å². The van der Waals surface area contributed by atoms with Crippen LogP contribution < -0.4 is 10.1 Å². The summed E-state index contributed by atoms with van der Waals surface area (Å²) < 4.78 is 5.12. The van der Waals surface area contributed by atoms with Gasteiger partial charge in [0.15, 0.2) is 0 Å². The predicted molar refractivity (Wildman–Crippen MR) is 93.1 cm³/mol. The number of hydrogen-bond donors (Lipinski definition) is 3. The Morgan fingerprint density at radius 2 is 2.04 bits per heavy atom. The highest BCUT2D eigenvalue weighted by Crippen LogP contribution is 2.33. The number of carbonyl (C=O) groups excluding carboxylic acids is 1. The number of piperidine rings is 1. The second kappa shape index (κ2) is 7.12. The zero-order valence-electron chi connectivity index (χ0n) is 14.3. The van der Waals surface area contributed by atoms with E-state index in [0.717, 1.165) is 0 Å². The highest BCUT2D eigenvalue weighted by Gasteiger charge is 2.42. The summed E-state index contributed by atoms with van der Waals surface area (Å²) in [6, 6.07) is 5.05. The molecular weight excluding hydrogens is 340 g/mol. The van der Waals surface area contributed by atoms with E-state index < -0.39 is 11.5 Å². The zero-order chi connectivity index (χ0) is 18.7. The van der Waals surface area contributed by atoms with Gasteiger partial charge >= 0.3 is 6.09 Å². The third kappa shape index (κ3) is 3.25. The summed E-state index contributed by atoms with van der Waals surface area (Å²) in [4.78, 5) is 33.7. The lowest BCUT2D eigenvalue weighted by Gasteiger charge is -2.38. The summed E-state index contributed by atoms with van der Waals surface area (Å²) in [6.07, 6.45) is 1.04. The topological polar surface area (TPSA) is 125 Å². The number of hydrogen-bond acceptors (Lipinski definition) is 6. The minimum atomic E-state index is -1.03. The van der Waals surface area contributed by atoms with Crippen LogP contribution in [0.1, 0.15) is 12.8 Å². The molecule has 1 aliphatic heterocycles. The summed E-state index contributed by atoms with van der Waals surface area (Å²) in [5, 5.41) is 21.7. The van der Waals surface area contributed by atoms with Crippen molar-refractivity contribution in [1.29, 1.82) is 0 Å². The quantitative estimate of drug-likeness (QED) is 0.751. The monoisotopic (exact) mass is 360 g/mol. The minimum Gasteiger partial charge on any atom is -0.481 e. The maximum atomic E-state index is 12.9. The van der Waals surface area contributed by atoms with Crippen LogP contribution in [-0.2, 0) is 4.79 Å². The molecule has 0 aromatic carbocycles. The molecule has 138 valence electrons. The van der Waals surface area contributed by atoms with Gasteiger partial charge in [-0.25, -0.2) is 9.78 Å². The number of aliphatic hydroxyl groups is 1. The standard InChI is InChI=1S/C17H20N4O5/c1-26-13-3-2-11-14(20-13)12(4-7-18-11)19-15(23)17(10-22)5-8-21(9-6-17)16(24)25/h2-4,7,22H,5-6,8-10H2,1H3,(H,24,25)(H,18,19,23). The summed E-state index contributed by atoms with van der Waals surface area (Å²) >= 11 is 0. The van der Waals surface area contributed by atoms with E-state index in [1.54, 1.807) is 24.4 Å². The molecule has 0 spiro atoms. The van der Waals surface area contributed by atoms with E-state index in [2.05, 4.69) is 15.3 Å². The molecule has 1 saturated heterocycles. The minimum absolute atomic E-state index is 0.201. The number of carbonyl (C=O) groups is 2. The van der Waals surface area contributed by atoms with Crippen molar-refractivity contribution in [3.8, 4) is 5.88 Å². The van der Waals surface area contributed by atoms with Crippen LogP contribution in [0.25, 0.3) is 11.0 Å². The van der Waals surface area contributed by atoms with Gasteiger partial charge in [0.1, 0.15) is 5.52 Å². The number of pyridine rings is 2. The first-order valence-corrected chi connectivity index (χ1v) is 8.19. The molecule has 26 heavy (non-hydrogen) atoms. The molecule has 9 nitrogen and oxygen atoms in total. The summed E-state index contributed by atoms with van der Waals surface area (Å²) in [6.45, 7) is 0.0466. The molecule has 2 aromatic rings. The van der Waals surface area contributed by atoms with Crippen LogP contribution >= 0.6 is 0 Å². The number of rotatable bonds is 4. The van der Waals surface area contributed by atoms with Gasteiger partial charge in [0.25, 0.3) is 0 Å². The van der Waals surface area contributed by atoms with E-state index in [4.69, 9.17) is 9.84 Å². The molecule has 1 aliphatic rings. The highest BCUT2D eigenvalue weighted by atomic mass is 16.5. The summed E-state index contributed by atoms with van der Waals surface area (Å²) in [5.41, 5.74) is 0.520. The number of nitrogens with zero attached hydrogens (tertiary/aromatic N) is 3. The van der Waals surface area contributed by atoms with Gasteiger partial charge in [-0.15, -0.1) is 0 Å². The Labute approximate surface area is 149 Å². The number of ether oxygens (including phenoxy) is 1. The Bertz CT molecular complexity index is 833. The fourth-order valence-electron chi connectivity index (χ4n) is 3.06. The van der Waals surface area contributed by atoms with Gasteiger partial charge in [0.2, 0.25) is 11.8 Å². The molecule has 3 heterocycles. The average molecular weight is 360 g/mol. The van der Waals surface area contributed by atoms with Gasteiger partial charge in [-0.2, -0.15) is 0 Å². The average Bonchev–Trinajstić information content (AvgIpc) is 2.67. The third-order valence-corrected chi connectivity index (χ3v) is 4.79. The predicted octanol–water partition coefficient (Wildman–Crippen LogP) is 1.33. The molecule has 0 atom stereocenters. The van der Waals surface area contributed by atoms with E-state index >= 15 is 0 Å². The first-order chi connectivity index (χ1) is 12.5. The fourth-order valence-corrected chi connectivity index (χ4v) is 3.06. The van der Waals surface area contributed by atoms with Gasteiger partial charge in [-0.05, 0) is 25.0 Å². The highest BCUT2D eigenvalue weighted by molar-refractivity contribution is 6.01. The van der Waals surface area contributed by atoms with Crippen molar-refractivity contribution in [2.75, 3.05) is 32.1 Å². The molecule has 0 bridgehead atoms. The van der Waals surface area contributed by atoms with Crippen molar-refractivity contribution < 1.29 is 24.5 Å². The Morgan fingerprint density at radius 3 is 2.65 bits per heavy atom. The lowest BCUT2D eigenvalue weighted by atomic mass is 9.78. The molecule has 0 radical (unpaired) electrons. The molecular formula is C17H20N4O5. The van der Waals surface area contributed by atoms with Crippen LogP contribution in [0.3, 0.4) is 0 Å². The molecule has 3 rings (SSSR count). The molecule has 0 saturated carbocycles. The number of methoxy groups -OCH3 is 1. The van der Waals surface area contributed by atoms with Crippen molar-refractivity contribution in [2.45, 2.75) is 12.8 Å². The van der Waals surface area contributed by atoms with E-state index in [-0.39, 0.29) is 38.4 Å². The van der Waals surface area contributed by atoms with Crippen LogP contribution in [0.2, 0.25) is 0 Å². The van der Waals surface area contributed by atoms with E-state index in [1.807, 2.05) is 0 Å². The molecule has 9 heteroatoms.